The van der Waals surface area contributed by atoms with Crippen molar-refractivity contribution in [3.63, 3.8) is 0 Å². The third-order valence-electron chi connectivity index (χ3n) is 6.15. The third-order valence-corrected chi connectivity index (χ3v) is 6.15. The maximum absolute atomic E-state index is 6.16. The van der Waals surface area contributed by atoms with Crippen LogP contribution in [-0.2, 0) is 9.47 Å². The summed E-state index contributed by atoms with van der Waals surface area (Å²) in [7, 11) is 3.63. The first kappa shape index (κ1) is 22.1. The van der Waals surface area contributed by atoms with E-state index in [1.54, 1.807) is 7.11 Å². The maximum atomic E-state index is 6.16. The Kier molecular flexibility index (Phi) is 8.77. The molecule has 6 nitrogen and oxygen atoms in total. The van der Waals surface area contributed by atoms with E-state index in [9.17, 15) is 0 Å². The Bertz CT molecular complexity index is 626. The Hall–Kier alpha value is -1.63. The molecule has 0 amide bonds. The van der Waals surface area contributed by atoms with Crippen molar-refractivity contribution in [2.45, 2.75) is 44.8 Å². The molecule has 2 atom stereocenters. The van der Waals surface area contributed by atoms with Gasteiger partial charge in [0.05, 0.1) is 12.7 Å². The summed E-state index contributed by atoms with van der Waals surface area (Å²) in [5.74, 6) is 1.37. The molecule has 1 aromatic carbocycles. The second-order valence-corrected chi connectivity index (χ2v) is 8.31. The molecule has 3 rings (SSSR count). The first-order chi connectivity index (χ1) is 14.2. The molecule has 0 spiro atoms. The fourth-order valence-corrected chi connectivity index (χ4v) is 4.31. The lowest BCUT2D eigenvalue weighted by Gasteiger charge is -2.34. The van der Waals surface area contributed by atoms with Gasteiger partial charge in [0.1, 0.15) is 0 Å². The van der Waals surface area contributed by atoms with Gasteiger partial charge in [0.25, 0.3) is 0 Å². The zero-order chi connectivity index (χ0) is 20.5. The Morgan fingerprint density at radius 2 is 1.97 bits per heavy atom. The molecule has 2 aliphatic rings. The first-order valence-electron chi connectivity index (χ1n) is 11.1. The largest absolute Gasteiger partial charge is 0.383 e. The standard InChI is InChI=1S/C23H38N4O2/c1-18-6-8-19(9-7-18)22-20(5-4-15-29-22)17-25-23(24-2)26-21-10-12-27(13-11-21)14-16-28-3/h6-9,20-22H,4-5,10-17H2,1-3H3,(H2,24,25,26). The molecule has 162 valence electrons. The molecule has 2 N–H and O–H groups in total. The molecule has 6 heteroatoms. The van der Waals surface area contributed by atoms with Crippen LogP contribution in [0.4, 0.5) is 0 Å². The van der Waals surface area contributed by atoms with E-state index in [1.807, 2.05) is 7.05 Å². The van der Waals surface area contributed by atoms with Gasteiger partial charge in [-0.1, -0.05) is 29.8 Å². The molecule has 0 saturated carbocycles. The average Bonchev–Trinajstić information content (AvgIpc) is 2.77. The van der Waals surface area contributed by atoms with E-state index >= 15 is 0 Å². The van der Waals surface area contributed by atoms with E-state index < -0.39 is 0 Å². The highest BCUT2D eigenvalue weighted by Gasteiger charge is 2.28. The topological polar surface area (TPSA) is 58.1 Å². The molecular formula is C23H38N4O2. The Morgan fingerprint density at radius 3 is 2.66 bits per heavy atom. The van der Waals surface area contributed by atoms with Gasteiger partial charge < -0.3 is 25.0 Å². The molecule has 2 fully saturated rings. The molecule has 2 unspecified atom stereocenters. The zero-order valence-electron chi connectivity index (χ0n) is 18.3. The Morgan fingerprint density at radius 1 is 1.21 bits per heavy atom. The number of likely N-dealkylation sites (tertiary alicyclic amines) is 1. The van der Waals surface area contributed by atoms with Crippen LogP contribution in [0.3, 0.4) is 0 Å². The van der Waals surface area contributed by atoms with Gasteiger partial charge in [-0.25, -0.2) is 0 Å². The van der Waals surface area contributed by atoms with Gasteiger partial charge in [-0.3, -0.25) is 4.99 Å². The number of aryl methyl sites for hydroxylation is 1. The lowest BCUT2D eigenvalue weighted by Crippen LogP contribution is -2.50. The predicted molar refractivity (Wildman–Crippen MR) is 118 cm³/mol. The van der Waals surface area contributed by atoms with Gasteiger partial charge in [-0.15, -0.1) is 0 Å². The van der Waals surface area contributed by atoms with E-state index in [-0.39, 0.29) is 6.10 Å². The molecular weight excluding hydrogens is 364 g/mol. The SMILES string of the molecule is CN=C(NCC1CCCOC1c1ccc(C)cc1)NC1CCN(CCOC)CC1. The Labute approximate surface area is 176 Å². The number of hydrogen-bond acceptors (Lipinski definition) is 4. The van der Waals surface area contributed by atoms with Gasteiger partial charge >= 0.3 is 0 Å². The van der Waals surface area contributed by atoms with Gasteiger partial charge in [-0.05, 0) is 38.2 Å². The lowest BCUT2D eigenvalue weighted by molar-refractivity contribution is -0.0265. The summed E-state index contributed by atoms with van der Waals surface area (Å²) in [5, 5.41) is 7.19. The molecule has 2 heterocycles. The molecule has 0 aromatic heterocycles. The molecule has 0 aliphatic carbocycles. The number of hydrogen-bond donors (Lipinski definition) is 2. The van der Waals surface area contributed by atoms with Crippen molar-refractivity contribution in [2.24, 2.45) is 10.9 Å². The van der Waals surface area contributed by atoms with E-state index in [0.717, 1.165) is 64.6 Å². The number of aliphatic imine (C=N–C) groups is 1. The second kappa shape index (κ2) is 11.5. The van der Waals surface area contributed by atoms with Crippen LogP contribution in [0.1, 0.15) is 42.9 Å². The molecule has 0 bridgehead atoms. The smallest absolute Gasteiger partial charge is 0.191 e. The number of rotatable bonds is 7. The molecule has 2 saturated heterocycles. The van der Waals surface area contributed by atoms with Gasteiger partial charge in [0.2, 0.25) is 0 Å². The van der Waals surface area contributed by atoms with Gasteiger partial charge in [0, 0.05) is 58.9 Å². The van der Waals surface area contributed by atoms with Crippen LogP contribution in [0.25, 0.3) is 0 Å². The number of methoxy groups -OCH3 is 1. The third kappa shape index (κ3) is 6.69. The highest BCUT2D eigenvalue weighted by atomic mass is 16.5. The molecule has 29 heavy (non-hydrogen) atoms. The number of piperidine rings is 1. The fraction of sp³-hybridized carbons (Fsp3) is 0.696. The van der Waals surface area contributed by atoms with Crippen LogP contribution in [0, 0.1) is 12.8 Å². The van der Waals surface area contributed by atoms with Crippen LogP contribution in [0.2, 0.25) is 0 Å². The van der Waals surface area contributed by atoms with E-state index in [0.29, 0.717) is 12.0 Å². The normalized spacial score (nSPS) is 24.4. The van der Waals surface area contributed by atoms with Crippen molar-refractivity contribution in [2.75, 3.05) is 53.6 Å². The van der Waals surface area contributed by atoms with Crippen molar-refractivity contribution >= 4 is 5.96 Å². The maximum Gasteiger partial charge on any atom is 0.191 e. The van der Waals surface area contributed by atoms with Crippen molar-refractivity contribution < 1.29 is 9.47 Å². The molecule has 2 aliphatic heterocycles. The summed E-state index contributed by atoms with van der Waals surface area (Å²) in [6, 6.07) is 9.26. The summed E-state index contributed by atoms with van der Waals surface area (Å²) in [6.45, 7) is 7.93. The van der Waals surface area contributed by atoms with Crippen molar-refractivity contribution in [1.29, 1.82) is 0 Å². The van der Waals surface area contributed by atoms with E-state index in [1.165, 1.54) is 17.5 Å². The van der Waals surface area contributed by atoms with Gasteiger partial charge in [0.15, 0.2) is 5.96 Å². The summed E-state index contributed by atoms with van der Waals surface area (Å²) >= 11 is 0. The Balaban J connectivity index is 1.47. The minimum absolute atomic E-state index is 0.166. The van der Waals surface area contributed by atoms with Crippen molar-refractivity contribution in [3.8, 4) is 0 Å². The number of nitrogens with zero attached hydrogens (tertiary/aromatic N) is 2. The number of nitrogens with one attached hydrogen (secondary N) is 2. The first-order valence-corrected chi connectivity index (χ1v) is 11.1. The molecule has 1 aromatic rings. The second-order valence-electron chi connectivity index (χ2n) is 8.31. The summed E-state index contributed by atoms with van der Waals surface area (Å²) in [4.78, 5) is 6.94. The summed E-state index contributed by atoms with van der Waals surface area (Å²) in [5.41, 5.74) is 2.57. The number of benzene rings is 1. The molecule has 0 radical (unpaired) electrons. The van der Waals surface area contributed by atoms with Gasteiger partial charge in [-0.2, -0.15) is 0 Å². The predicted octanol–water partition coefficient (Wildman–Crippen LogP) is 2.74. The monoisotopic (exact) mass is 402 g/mol. The zero-order valence-corrected chi connectivity index (χ0v) is 18.3. The van der Waals surface area contributed by atoms with Crippen LogP contribution >= 0.6 is 0 Å². The van der Waals surface area contributed by atoms with Crippen LogP contribution in [0.15, 0.2) is 29.3 Å². The highest BCUT2D eigenvalue weighted by molar-refractivity contribution is 5.80. The summed E-state index contributed by atoms with van der Waals surface area (Å²) in [6.07, 6.45) is 4.76. The number of ether oxygens (including phenoxy) is 2. The fourth-order valence-electron chi connectivity index (χ4n) is 4.31. The lowest BCUT2D eigenvalue weighted by atomic mass is 9.89. The van der Waals surface area contributed by atoms with E-state index in [4.69, 9.17) is 9.47 Å². The van der Waals surface area contributed by atoms with Crippen molar-refractivity contribution in [3.05, 3.63) is 35.4 Å². The minimum atomic E-state index is 0.166. The van der Waals surface area contributed by atoms with Crippen LogP contribution in [0.5, 0.6) is 0 Å². The van der Waals surface area contributed by atoms with Crippen LogP contribution in [-0.4, -0.2) is 70.5 Å². The van der Waals surface area contributed by atoms with E-state index in [2.05, 4.69) is 51.7 Å². The summed E-state index contributed by atoms with van der Waals surface area (Å²) < 4.78 is 11.4. The minimum Gasteiger partial charge on any atom is -0.383 e. The highest BCUT2D eigenvalue weighted by Crippen LogP contribution is 2.33. The van der Waals surface area contributed by atoms with Crippen molar-refractivity contribution in [1.82, 2.24) is 15.5 Å². The van der Waals surface area contributed by atoms with Crippen LogP contribution < -0.4 is 10.6 Å². The number of guanidine groups is 1. The quantitative estimate of drug-likeness (QED) is 0.543. The average molecular weight is 403 g/mol.